The topological polar surface area (TPSA) is 60.9 Å². The van der Waals surface area contributed by atoms with Crippen molar-refractivity contribution in [3.8, 4) is 0 Å². The first-order chi connectivity index (χ1) is 10.2. The summed E-state index contributed by atoms with van der Waals surface area (Å²) >= 11 is 17.6. The number of carbonyl (C=O) groups excluding carboxylic acids is 3. The van der Waals surface area contributed by atoms with Crippen molar-refractivity contribution < 1.29 is 14.4 Å². The summed E-state index contributed by atoms with van der Waals surface area (Å²) in [5.41, 5.74) is 0.202. The normalized spacial score (nSPS) is 15.0. The predicted molar refractivity (Wildman–Crippen MR) is 84.3 cm³/mol. The molecule has 0 saturated carbocycles. The van der Waals surface area contributed by atoms with Gasteiger partial charge in [0.25, 0.3) is 5.91 Å². The second kappa shape index (κ2) is 6.32. The molecule has 1 saturated heterocycles. The first-order valence-electron chi connectivity index (χ1n) is 6.32. The van der Waals surface area contributed by atoms with Gasteiger partial charge in [0.1, 0.15) is 6.54 Å². The number of rotatable bonds is 2. The van der Waals surface area contributed by atoms with Gasteiger partial charge < -0.3 is 0 Å². The smallest absolute Gasteiger partial charge is 0.272 e. The molecule has 0 aliphatic carbocycles. The fourth-order valence-electron chi connectivity index (χ4n) is 1.91. The van der Waals surface area contributed by atoms with Gasteiger partial charge in [0.05, 0.1) is 5.69 Å². The van der Waals surface area contributed by atoms with Gasteiger partial charge in [-0.2, -0.15) is 0 Å². The third-order valence-electron chi connectivity index (χ3n) is 2.94. The molecule has 0 spiro atoms. The second-order valence-corrected chi connectivity index (χ2v) is 6.15. The number of amides is 5. The second-order valence-electron chi connectivity index (χ2n) is 4.91. The van der Waals surface area contributed by atoms with Crippen molar-refractivity contribution >= 4 is 58.6 Å². The maximum absolute atomic E-state index is 12.3. The van der Waals surface area contributed by atoms with Gasteiger partial charge in [-0.25, -0.2) is 23.8 Å². The van der Waals surface area contributed by atoms with Crippen LogP contribution in [0.1, 0.15) is 13.8 Å². The highest BCUT2D eigenvalue weighted by molar-refractivity contribution is 6.36. The number of nitrogens with zero attached hydrogens (tertiary/aromatic N) is 3. The first-order valence-corrected chi connectivity index (χ1v) is 7.41. The number of hydrogen-bond donors (Lipinski definition) is 0. The van der Waals surface area contributed by atoms with E-state index in [0.29, 0.717) is 0 Å². The minimum Gasteiger partial charge on any atom is -0.272 e. The largest absolute Gasteiger partial charge is 0.343 e. The summed E-state index contributed by atoms with van der Waals surface area (Å²) in [7, 11) is 0. The van der Waals surface area contributed by atoms with Crippen molar-refractivity contribution in [3.05, 3.63) is 28.2 Å². The number of imide groups is 2. The third kappa shape index (κ3) is 3.14. The zero-order valence-corrected chi connectivity index (χ0v) is 14.0. The fourth-order valence-corrected chi connectivity index (χ4v) is 2.52. The number of halogens is 3. The number of benzene rings is 1. The first kappa shape index (κ1) is 16.9. The van der Waals surface area contributed by atoms with E-state index in [4.69, 9.17) is 35.0 Å². The Morgan fingerprint density at radius 2 is 1.73 bits per heavy atom. The zero-order chi connectivity index (χ0) is 16.6. The molecule has 1 aliphatic rings. The molecule has 0 aromatic heterocycles. The number of urea groups is 2. The highest BCUT2D eigenvalue weighted by Crippen LogP contribution is 2.29. The molecular weight excluding hydrogens is 353 g/mol. The average molecular weight is 365 g/mol. The van der Waals surface area contributed by atoms with Gasteiger partial charge in [0.2, 0.25) is 0 Å². The van der Waals surface area contributed by atoms with Crippen LogP contribution in [-0.4, -0.2) is 39.9 Å². The van der Waals surface area contributed by atoms with E-state index in [1.165, 1.54) is 18.2 Å². The van der Waals surface area contributed by atoms with Gasteiger partial charge in [-0.05, 0) is 32.0 Å². The summed E-state index contributed by atoms with van der Waals surface area (Å²) in [5, 5.41) is 0.544. The highest BCUT2D eigenvalue weighted by Gasteiger charge is 2.42. The van der Waals surface area contributed by atoms with E-state index in [0.717, 1.165) is 14.2 Å². The Labute approximate surface area is 142 Å². The average Bonchev–Trinajstić information content (AvgIpc) is 2.71. The van der Waals surface area contributed by atoms with Crippen molar-refractivity contribution in [2.24, 2.45) is 0 Å². The number of hydrogen-bond acceptors (Lipinski definition) is 3. The lowest BCUT2D eigenvalue weighted by atomic mass is 10.3. The highest BCUT2D eigenvalue weighted by atomic mass is 35.5. The fraction of sp³-hybridized carbons (Fsp3) is 0.308. The van der Waals surface area contributed by atoms with Gasteiger partial charge in [0, 0.05) is 27.9 Å². The van der Waals surface area contributed by atoms with E-state index < -0.39 is 24.5 Å². The van der Waals surface area contributed by atoms with Crippen molar-refractivity contribution in [1.29, 1.82) is 0 Å². The summed E-state index contributed by atoms with van der Waals surface area (Å²) in [5.74, 6) is -0.564. The lowest BCUT2D eigenvalue weighted by Gasteiger charge is -2.23. The Bertz CT molecular complexity index is 630. The van der Waals surface area contributed by atoms with Crippen LogP contribution in [0, 0.1) is 0 Å². The van der Waals surface area contributed by atoms with Crippen LogP contribution >= 0.6 is 35.0 Å². The summed E-state index contributed by atoms with van der Waals surface area (Å²) in [4.78, 5) is 38.2. The SMILES string of the molecule is CC(C)N(Cl)C(=O)N1CC(=O)N(c2cc(Cl)cc(Cl)c2)C1=O. The van der Waals surface area contributed by atoms with E-state index in [9.17, 15) is 14.4 Å². The minimum atomic E-state index is -0.792. The van der Waals surface area contributed by atoms with Gasteiger partial charge in [-0.3, -0.25) is 4.79 Å². The lowest BCUT2D eigenvalue weighted by Crippen LogP contribution is -2.43. The molecule has 1 aromatic rings. The van der Waals surface area contributed by atoms with E-state index in [1.807, 2.05) is 0 Å². The van der Waals surface area contributed by atoms with Crippen LogP contribution in [0.15, 0.2) is 18.2 Å². The van der Waals surface area contributed by atoms with Crippen LogP contribution in [0.3, 0.4) is 0 Å². The van der Waals surface area contributed by atoms with Crippen molar-refractivity contribution in [3.63, 3.8) is 0 Å². The van der Waals surface area contributed by atoms with E-state index in [-0.39, 0.29) is 21.8 Å². The van der Waals surface area contributed by atoms with E-state index >= 15 is 0 Å². The molecule has 0 N–H and O–H groups in total. The van der Waals surface area contributed by atoms with Crippen LogP contribution in [0.5, 0.6) is 0 Å². The molecule has 0 unspecified atom stereocenters. The molecule has 0 bridgehead atoms. The Hall–Kier alpha value is -1.50. The monoisotopic (exact) mass is 363 g/mol. The van der Waals surface area contributed by atoms with Crippen LogP contribution in [-0.2, 0) is 4.79 Å². The molecule has 0 radical (unpaired) electrons. The van der Waals surface area contributed by atoms with Gasteiger partial charge in [-0.1, -0.05) is 23.2 Å². The van der Waals surface area contributed by atoms with Crippen LogP contribution < -0.4 is 4.90 Å². The third-order valence-corrected chi connectivity index (χ3v) is 3.91. The molecule has 9 heteroatoms. The van der Waals surface area contributed by atoms with E-state index in [2.05, 4.69) is 0 Å². The zero-order valence-electron chi connectivity index (χ0n) is 11.7. The molecule has 0 atom stereocenters. The maximum atomic E-state index is 12.3. The summed E-state index contributed by atoms with van der Waals surface area (Å²) in [6, 6.07) is 2.42. The quantitative estimate of drug-likeness (QED) is 0.593. The van der Waals surface area contributed by atoms with E-state index in [1.54, 1.807) is 13.8 Å². The molecule has 6 nitrogen and oxygen atoms in total. The summed E-state index contributed by atoms with van der Waals surface area (Å²) < 4.78 is 0.861. The maximum Gasteiger partial charge on any atom is 0.343 e. The molecule has 2 rings (SSSR count). The standard InChI is InChI=1S/C13H12Cl3N3O3/c1-7(2)19(16)13(22)17-6-11(20)18(12(17)21)10-4-8(14)3-9(15)5-10/h3-5,7H,6H2,1-2H3. The molecule has 1 aliphatic heterocycles. The van der Waals surface area contributed by atoms with Gasteiger partial charge >= 0.3 is 12.1 Å². The van der Waals surface area contributed by atoms with Crippen LogP contribution in [0.2, 0.25) is 10.0 Å². The van der Waals surface area contributed by atoms with Crippen LogP contribution in [0.25, 0.3) is 0 Å². The number of anilines is 1. The summed E-state index contributed by atoms with van der Waals surface area (Å²) in [6.45, 7) is 2.97. The Morgan fingerprint density at radius 1 is 1.18 bits per heavy atom. The lowest BCUT2D eigenvalue weighted by molar-refractivity contribution is -0.116. The number of carbonyl (C=O) groups is 3. The molecular formula is C13H12Cl3N3O3. The van der Waals surface area contributed by atoms with Crippen molar-refractivity contribution in [1.82, 2.24) is 9.32 Å². The molecule has 118 valence electrons. The van der Waals surface area contributed by atoms with Crippen molar-refractivity contribution in [2.45, 2.75) is 19.9 Å². The van der Waals surface area contributed by atoms with Crippen molar-refractivity contribution in [2.75, 3.05) is 11.4 Å². The predicted octanol–water partition coefficient (Wildman–Crippen LogP) is 3.75. The molecule has 1 fully saturated rings. The Kier molecular flexibility index (Phi) is 4.84. The Morgan fingerprint density at radius 3 is 2.23 bits per heavy atom. The molecule has 1 aromatic carbocycles. The molecule has 1 heterocycles. The Balaban J connectivity index is 2.31. The molecule has 22 heavy (non-hydrogen) atoms. The van der Waals surface area contributed by atoms with Gasteiger partial charge in [0.15, 0.2) is 0 Å². The summed E-state index contributed by atoms with van der Waals surface area (Å²) in [6.07, 6.45) is 0. The molecule has 5 amide bonds. The van der Waals surface area contributed by atoms with Crippen LogP contribution in [0.4, 0.5) is 15.3 Å². The van der Waals surface area contributed by atoms with Gasteiger partial charge in [-0.15, -0.1) is 0 Å². The minimum absolute atomic E-state index is 0.202.